The molecule has 0 atom stereocenters. The Labute approximate surface area is 163 Å². The SMILES string of the molecule is COc1ccc(Nc2nc3ccc(O)cc3n2Cc2ccccc2)cc1OC. The maximum absolute atomic E-state index is 9.95. The van der Waals surface area contributed by atoms with Crippen molar-refractivity contribution in [2.24, 2.45) is 0 Å². The third-order valence-electron chi connectivity index (χ3n) is 4.56. The summed E-state index contributed by atoms with van der Waals surface area (Å²) in [6, 6.07) is 20.9. The first-order valence-corrected chi connectivity index (χ1v) is 8.90. The molecule has 28 heavy (non-hydrogen) atoms. The number of nitrogens with zero attached hydrogens (tertiary/aromatic N) is 2. The van der Waals surface area contributed by atoms with Crippen molar-refractivity contribution in [3.8, 4) is 17.2 Å². The van der Waals surface area contributed by atoms with Gasteiger partial charge in [0.2, 0.25) is 5.95 Å². The zero-order valence-electron chi connectivity index (χ0n) is 15.7. The Morgan fingerprint density at radius 1 is 0.929 bits per heavy atom. The number of ether oxygens (including phenoxy) is 2. The second-order valence-corrected chi connectivity index (χ2v) is 6.37. The van der Waals surface area contributed by atoms with E-state index in [4.69, 9.17) is 14.5 Å². The smallest absolute Gasteiger partial charge is 0.208 e. The molecule has 4 rings (SSSR count). The lowest BCUT2D eigenvalue weighted by Gasteiger charge is -2.13. The summed E-state index contributed by atoms with van der Waals surface area (Å²) in [6.07, 6.45) is 0. The Balaban J connectivity index is 1.77. The van der Waals surface area contributed by atoms with E-state index in [2.05, 4.69) is 17.4 Å². The third kappa shape index (κ3) is 3.44. The average Bonchev–Trinajstić information content (AvgIpc) is 3.05. The molecular formula is C22H21N3O3. The summed E-state index contributed by atoms with van der Waals surface area (Å²) in [5.41, 5.74) is 3.62. The summed E-state index contributed by atoms with van der Waals surface area (Å²) >= 11 is 0. The molecule has 1 aromatic heterocycles. The molecule has 0 aliphatic heterocycles. The van der Waals surface area contributed by atoms with Crippen LogP contribution >= 0.6 is 0 Å². The van der Waals surface area contributed by atoms with Gasteiger partial charge in [-0.25, -0.2) is 4.98 Å². The number of phenols is 1. The van der Waals surface area contributed by atoms with Gasteiger partial charge in [0.25, 0.3) is 0 Å². The second kappa shape index (κ2) is 7.52. The number of rotatable bonds is 6. The normalized spacial score (nSPS) is 10.8. The molecule has 3 aromatic carbocycles. The Bertz CT molecular complexity index is 1110. The molecule has 0 amide bonds. The van der Waals surface area contributed by atoms with E-state index in [1.807, 2.05) is 47.0 Å². The Hall–Kier alpha value is -3.67. The standard InChI is InChI=1S/C22H21N3O3/c1-27-20-11-8-16(12-21(20)28-2)23-22-24-18-10-9-17(26)13-19(18)25(22)14-15-6-4-3-5-7-15/h3-13,26H,14H2,1-2H3,(H,23,24). The minimum Gasteiger partial charge on any atom is -0.508 e. The average molecular weight is 375 g/mol. The summed E-state index contributed by atoms with van der Waals surface area (Å²) in [7, 11) is 3.21. The van der Waals surface area contributed by atoms with Crippen LogP contribution in [-0.2, 0) is 6.54 Å². The number of anilines is 2. The summed E-state index contributed by atoms with van der Waals surface area (Å²) in [5, 5.41) is 13.3. The lowest BCUT2D eigenvalue weighted by molar-refractivity contribution is 0.355. The van der Waals surface area contributed by atoms with E-state index in [9.17, 15) is 5.11 Å². The lowest BCUT2D eigenvalue weighted by atomic mass is 10.2. The van der Waals surface area contributed by atoms with Gasteiger partial charge >= 0.3 is 0 Å². The van der Waals surface area contributed by atoms with Crippen molar-refractivity contribution in [2.75, 3.05) is 19.5 Å². The molecule has 0 fully saturated rings. The van der Waals surface area contributed by atoms with Crippen LogP contribution in [0.3, 0.4) is 0 Å². The van der Waals surface area contributed by atoms with Crippen molar-refractivity contribution < 1.29 is 14.6 Å². The fourth-order valence-electron chi connectivity index (χ4n) is 3.18. The number of phenolic OH excluding ortho intramolecular Hbond substituents is 1. The van der Waals surface area contributed by atoms with Gasteiger partial charge in [-0.15, -0.1) is 0 Å². The van der Waals surface area contributed by atoms with Crippen LogP contribution in [0.2, 0.25) is 0 Å². The fourth-order valence-corrected chi connectivity index (χ4v) is 3.18. The number of nitrogens with one attached hydrogen (secondary N) is 1. The summed E-state index contributed by atoms with van der Waals surface area (Å²) in [4.78, 5) is 4.71. The van der Waals surface area contributed by atoms with E-state index in [1.54, 1.807) is 26.4 Å². The van der Waals surface area contributed by atoms with Gasteiger partial charge in [0, 0.05) is 17.8 Å². The molecule has 0 spiro atoms. The topological polar surface area (TPSA) is 68.5 Å². The Morgan fingerprint density at radius 3 is 2.46 bits per heavy atom. The Morgan fingerprint density at radius 2 is 1.71 bits per heavy atom. The summed E-state index contributed by atoms with van der Waals surface area (Å²) in [5.74, 6) is 2.18. The highest BCUT2D eigenvalue weighted by Crippen LogP contribution is 2.32. The van der Waals surface area contributed by atoms with Crippen LogP contribution in [0.1, 0.15) is 5.56 Å². The number of aromatic hydroxyl groups is 1. The minimum atomic E-state index is 0.208. The monoisotopic (exact) mass is 375 g/mol. The van der Waals surface area contributed by atoms with Crippen LogP contribution < -0.4 is 14.8 Å². The van der Waals surface area contributed by atoms with Crippen molar-refractivity contribution in [2.45, 2.75) is 6.54 Å². The number of hydrogen-bond donors (Lipinski definition) is 2. The maximum Gasteiger partial charge on any atom is 0.208 e. The third-order valence-corrected chi connectivity index (χ3v) is 4.56. The maximum atomic E-state index is 9.95. The van der Waals surface area contributed by atoms with Crippen molar-refractivity contribution >= 4 is 22.7 Å². The summed E-state index contributed by atoms with van der Waals surface area (Å²) in [6.45, 7) is 0.621. The van der Waals surface area contributed by atoms with Crippen molar-refractivity contribution in [3.05, 3.63) is 72.3 Å². The molecule has 0 saturated heterocycles. The minimum absolute atomic E-state index is 0.208. The first-order chi connectivity index (χ1) is 13.7. The van der Waals surface area contributed by atoms with Gasteiger partial charge in [0.05, 0.1) is 31.8 Å². The molecule has 0 radical (unpaired) electrons. The number of methoxy groups -OCH3 is 2. The van der Waals surface area contributed by atoms with E-state index in [1.165, 1.54) is 0 Å². The largest absolute Gasteiger partial charge is 0.508 e. The first kappa shape index (κ1) is 17.7. The zero-order chi connectivity index (χ0) is 19.5. The van der Waals surface area contributed by atoms with Crippen LogP contribution in [0.25, 0.3) is 11.0 Å². The molecule has 0 bridgehead atoms. The highest BCUT2D eigenvalue weighted by atomic mass is 16.5. The summed E-state index contributed by atoms with van der Waals surface area (Å²) < 4.78 is 12.7. The molecule has 6 heteroatoms. The van der Waals surface area contributed by atoms with Crippen LogP contribution in [0.4, 0.5) is 11.6 Å². The van der Waals surface area contributed by atoms with Gasteiger partial charge in [-0.05, 0) is 29.8 Å². The molecule has 2 N–H and O–H groups in total. The van der Waals surface area contributed by atoms with Crippen LogP contribution in [0.15, 0.2) is 66.7 Å². The van der Waals surface area contributed by atoms with E-state index in [0.717, 1.165) is 22.3 Å². The number of imidazole rings is 1. The predicted molar refractivity (Wildman–Crippen MR) is 110 cm³/mol. The zero-order valence-corrected chi connectivity index (χ0v) is 15.7. The van der Waals surface area contributed by atoms with Gasteiger partial charge in [-0.3, -0.25) is 0 Å². The van der Waals surface area contributed by atoms with Crippen LogP contribution in [0.5, 0.6) is 17.2 Å². The molecule has 1 heterocycles. The van der Waals surface area contributed by atoms with E-state index >= 15 is 0 Å². The molecular weight excluding hydrogens is 354 g/mol. The van der Waals surface area contributed by atoms with E-state index < -0.39 is 0 Å². The molecule has 0 aliphatic carbocycles. The number of hydrogen-bond acceptors (Lipinski definition) is 5. The van der Waals surface area contributed by atoms with Crippen LogP contribution in [0, 0.1) is 0 Å². The van der Waals surface area contributed by atoms with E-state index in [-0.39, 0.29) is 5.75 Å². The number of fused-ring (bicyclic) bond motifs is 1. The predicted octanol–water partition coefficient (Wildman–Crippen LogP) is 4.55. The molecule has 142 valence electrons. The van der Waals surface area contributed by atoms with Gasteiger partial charge in [0.15, 0.2) is 11.5 Å². The first-order valence-electron chi connectivity index (χ1n) is 8.90. The van der Waals surface area contributed by atoms with Crippen molar-refractivity contribution in [1.29, 1.82) is 0 Å². The number of benzene rings is 3. The molecule has 0 saturated carbocycles. The fraction of sp³-hybridized carbons (Fsp3) is 0.136. The molecule has 6 nitrogen and oxygen atoms in total. The highest BCUT2D eigenvalue weighted by Gasteiger charge is 2.13. The lowest BCUT2D eigenvalue weighted by Crippen LogP contribution is -2.05. The Kier molecular flexibility index (Phi) is 4.76. The van der Waals surface area contributed by atoms with Gasteiger partial charge in [0.1, 0.15) is 5.75 Å². The van der Waals surface area contributed by atoms with Crippen LogP contribution in [-0.4, -0.2) is 28.9 Å². The number of aromatic nitrogens is 2. The second-order valence-electron chi connectivity index (χ2n) is 6.37. The van der Waals surface area contributed by atoms with Gasteiger partial charge in [-0.2, -0.15) is 0 Å². The van der Waals surface area contributed by atoms with Gasteiger partial charge in [-0.1, -0.05) is 30.3 Å². The highest BCUT2D eigenvalue weighted by molar-refractivity contribution is 5.81. The quantitative estimate of drug-likeness (QED) is 0.517. The molecule has 4 aromatic rings. The van der Waals surface area contributed by atoms with Gasteiger partial charge < -0.3 is 24.5 Å². The van der Waals surface area contributed by atoms with Crippen molar-refractivity contribution in [1.82, 2.24) is 9.55 Å². The van der Waals surface area contributed by atoms with Crippen molar-refractivity contribution in [3.63, 3.8) is 0 Å². The molecule has 0 unspecified atom stereocenters. The molecule has 0 aliphatic rings. The van der Waals surface area contributed by atoms with E-state index in [0.29, 0.717) is 24.0 Å².